The van der Waals surface area contributed by atoms with Gasteiger partial charge in [0.05, 0.1) is 0 Å². The number of rotatable bonds is 4. The SMILES string of the molecule is CNC(C)C(C(C(C)C)C(C)(C)C)C(C)(C)C. The van der Waals surface area contributed by atoms with E-state index in [1.807, 2.05) is 0 Å². The molecule has 1 nitrogen and oxygen atoms in total. The van der Waals surface area contributed by atoms with E-state index in [1.165, 1.54) is 0 Å². The topological polar surface area (TPSA) is 12.0 Å². The highest BCUT2D eigenvalue weighted by Gasteiger charge is 2.42. The standard InChI is InChI=1S/C16H35N/c1-11(2)13(15(4,5)6)14(12(3)17-10)16(7,8)9/h11-14,17H,1-10H3. The Morgan fingerprint density at radius 2 is 1.06 bits per heavy atom. The Balaban J connectivity index is 5.39. The molecule has 0 amide bonds. The molecule has 0 aromatic carbocycles. The minimum Gasteiger partial charge on any atom is -0.317 e. The molecule has 0 fully saturated rings. The van der Waals surface area contributed by atoms with Gasteiger partial charge in [-0.2, -0.15) is 0 Å². The zero-order chi connectivity index (χ0) is 14.0. The molecule has 1 N–H and O–H groups in total. The Hall–Kier alpha value is -0.0400. The van der Waals surface area contributed by atoms with E-state index in [1.54, 1.807) is 0 Å². The van der Waals surface area contributed by atoms with Gasteiger partial charge in [0.15, 0.2) is 0 Å². The fourth-order valence-electron chi connectivity index (χ4n) is 3.73. The maximum atomic E-state index is 3.48. The maximum absolute atomic E-state index is 3.48. The molecule has 0 radical (unpaired) electrons. The number of hydrogen-bond donors (Lipinski definition) is 1. The number of nitrogens with one attached hydrogen (secondary N) is 1. The molecule has 0 saturated carbocycles. The van der Waals surface area contributed by atoms with Crippen molar-refractivity contribution >= 4 is 0 Å². The second-order valence-electron chi connectivity index (χ2n) is 8.10. The molecule has 0 spiro atoms. The van der Waals surface area contributed by atoms with E-state index in [4.69, 9.17) is 0 Å². The van der Waals surface area contributed by atoms with Gasteiger partial charge >= 0.3 is 0 Å². The summed E-state index contributed by atoms with van der Waals surface area (Å²) in [7, 11) is 2.09. The molecular weight excluding hydrogens is 206 g/mol. The average molecular weight is 241 g/mol. The molecule has 17 heavy (non-hydrogen) atoms. The molecule has 0 aromatic heterocycles. The highest BCUT2D eigenvalue weighted by molar-refractivity contribution is 4.93. The maximum Gasteiger partial charge on any atom is 0.00719 e. The van der Waals surface area contributed by atoms with Crippen molar-refractivity contribution in [2.45, 2.75) is 68.4 Å². The monoisotopic (exact) mass is 241 g/mol. The first-order valence-electron chi connectivity index (χ1n) is 7.10. The van der Waals surface area contributed by atoms with Gasteiger partial charge < -0.3 is 5.32 Å². The van der Waals surface area contributed by atoms with Crippen LogP contribution in [0.2, 0.25) is 0 Å². The second-order valence-corrected chi connectivity index (χ2v) is 8.10. The lowest BCUT2D eigenvalue weighted by atomic mass is 9.58. The summed E-state index contributed by atoms with van der Waals surface area (Å²) in [6, 6.07) is 0.557. The Morgan fingerprint density at radius 3 is 1.24 bits per heavy atom. The molecule has 1 heteroatoms. The van der Waals surface area contributed by atoms with Gasteiger partial charge in [0, 0.05) is 6.04 Å². The predicted octanol–water partition coefficient (Wildman–Crippen LogP) is 4.57. The van der Waals surface area contributed by atoms with Gasteiger partial charge in [-0.05, 0) is 42.6 Å². The van der Waals surface area contributed by atoms with Crippen LogP contribution in [-0.4, -0.2) is 13.1 Å². The van der Waals surface area contributed by atoms with Gasteiger partial charge in [-0.25, -0.2) is 0 Å². The second kappa shape index (κ2) is 5.73. The smallest absolute Gasteiger partial charge is 0.00719 e. The summed E-state index contributed by atoms with van der Waals surface area (Å²) >= 11 is 0. The van der Waals surface area contributed by atoms with E-state index in [0.717, 1.165) is 11.8 Å². The van der Waals surface area contributed by atoms with Crippen molar-refractivity contribution in [1.29, 1.82) is 0 Å². The first-order valence-corrected chi connectivity index (χ1v) is 7.10. The van der Waals surface area contributed by atoms with E-state index in [-0.39, 0.29) is 0 Å². The molecule has 0 heterocycles. The van der Waals surface area contributed by atoms with Crippen molar-refractivity contribution < 1.29 is 0 Å². The van der Waals surface area contributed by atoms with Crippen molar-refractivity contribution in [3.05, 3.63) is 0 Å². The molecule has 0 aliphatic rings. The van der Waals surface area contributed by atoms with Crippen LogP contribution < -0.4 is 5.32 Å². The molecular formula is C16H35N. The van der Waals surface area contributed by atoms with Crippen molar-refractivity contribution in [1.82, 2.24) is 5.32 Å². The highest BCUT2D eigenvalue weighted by Crippen LogP contribution is 2.46. The summed E-state index contributed by atoms with van der Waals surface area (Å²) in [6.45, 7) is 21.4. The zero-order valence-electron chi connectivity index (χ0n) is 13.8. The van der Waals surface area contributed by atoms with Crippen LogP contribution in [0.4, 0.5) is 0 Å². The quantitative estimate of drug-likeness (QED) is 0.760. The van der Waals surface area contributed by atoms with Gasteiger partial charge in [0.2, 0.25) is 0 Å². The Morgan fingerprint density at radius 1 is 0.706 bits per heavy atom. The summed E-state index contributed by atoms with van der Waals surface area (Å²) in [5.41, 5.74) is 0.696. The Labute approximate surface area is 110 Å². The minimum atomic E-state index is 0.338. The summed E-state index contributed by atoms with van der Waals surface area (Å²) in [6.07, 6.45) is 0. The van der Waals surface area contributed by atoms with Crippen molar-refractivity contribution in [3.8, 4) is 0 Å². The third kappa shape index (κ3) is 4.62. The van der Waals surface area contributed by atoms with Crippen LogP contribution in [0.15, 0.2) is 0 Å². The van der Waals surface area contributed by atoms with Gasteiger partial charge in [0.25, 0.3) is 0 Å². The van der Waals surface area contributed by atoms with Crippen LogP contribution in [0.1, 0.15) is 62.3 Å². The van der Waals surface area contributed by atoms with Crippen LogP contribution in [-0.2, 0) is 0 Å². The van der Waals surface area contributed by atoms with Gasteiger partial charge in [-0.15, -0.1) is 0 Å². The minimum absolute atomic E-state index is 0.338. The van der Waals surface area contributed by atoms with E-state index in [0.29, 0.717) is 22.8 Å². The van der Waals surface area contributed by atoms with Gasteiger partial charge in [0.1, 0.15) is 0 Å². The van der Waals surface area contributed by atoms with Crippen LogP contribution in [0.5, 0.6) is 0 Å². The van der Waals surface area contributed by atoms with Crippen molar-refractivity contribution in [3.63, 3.8) is 0 Å². The molecule has 0 aliphatic carbocycles. The molecule has 0 bridgehead atoms. The lowest BCUT2D eigenvalue weighted by molar-refractivity contribution is 0.0158. The number of hydrogen-bond acceptors (Lipinski definition) is 1. The summed E-state index contributed by atoms with van der Waals surface area (Å²) in [5.74, 6) is 2.13. The fraction of sp³-hybridized carbons (Fsp3) is 1.00. The first kappa shape index (κ1) is 17.0. The molecule has 0 rings (SSSR count). The highest BCUT2D eigenvalue weighted by atomic mass is 14.9. The lowest BCUT2D eigenvalue weighted by Gasteiger charge is -2.48. The normalized spacial score (nSPS) is 19.2. The third-order valence-corrected chi connectivity index (χ3v) is 4.10. The van der Waals surface area contributed by atoms with Crippen molar-refractivity contribution in [2.75, 3.05) is 7.05 Å². The molecule has 3 unspecified atom stereocenters. The molecule has 0 saturated heterocycles. The van der Waals surface area contributed by atoms with E-state index in [9.17, 15) is 0 Å². The first-order chi connectivity index (χ1) is 7.42. The summed E-state index contributed by atoms with van der Waals surface area (Å²) in [5, 5.41) is 3.48. The van der Waals surface area contributed by atoms with Crippen molar-refractivity contribution in [2.24, 2.45) is 28.6 Å². The Kier molecular flexibility index (Phi) is 5.72. The summed E-state index contributed by atoms with van der Waals surface area (Å²) in [4.78, 5) is 0. The molecule has 104 valence electrons. The van der Waals surface area contributed by atoms with Crippen LogP contribution in [0, 0.1) is 28.6 Å². The fourth-order valence-corrected chi connectivity index (χ4v) is 3.73. The van der Waals surface area contributed by atoms with E-state index >= 15 is 0 Å². The average Bonchev–Trinajstić information content (AvgIpc) is 2.08. The van der Waals surface area contributed by atoms with Crippen LogP contribution in [0.3, 0.4) is 0 Å². The van der Waals surface area contributed by atoms with Gasteiger partial charge in [-0.3, -0.25) is 0 Å². The molecule has 3 atom stereocenters. The van der Waals surface area contributed by atoms with E-state index < -0.39 is 0 Å². The molecule has 0 aromatic rings. The molecule has 0 aliphatic heterocycles. The van der Waals surface area contributed by atoms with Crippen LogP contribution >= 0.6 is 0 Å². The van der Waals surface area contributed by atoms with Gasteiger partial charge in [-0.1, -0.05) is 55.4 Å². The lowest BCUT2D eigenvalue weighted by Crippen LogP contribution is -2.48. The summed E-state index contributed by atoms with van der Waals surface area (Å²) < 4.78 is 0. The zero-order valence-corrected chi connectivity index (χ0v) is 13.8. The predicted molar refractivity (Wildman–Crippen MR) is 79.2 cm³/mol. The van der Waals surface area contributed by atoms with E-state index in [2.05, 4.69) is 74.7 Å². The Bertz CT molecular complexity index is 217. The third-order valence-electron chi connectivity index (χ3n) is 4.10. The largest absolute Gasteiger partial charge is 0.317 e. The van der Waals surface area contributed by atoms with Crippen LogP contribution in [0.25, 0.3) is 0 Å².